The minimum Gasteiger partial charge on any atom is -0.496 e. The van der Waals surface area contributed by atoms with Crippen LogP contribution in [0.4, 0.5) is 0 Å². The van der Waals surface area contributed by atoms with E-state index in [0.29, 0.717) is 12.0 Å². The molecule has 0 spiro atoms. The summed E-state index contributed by atoms with van der Waals surface area (Å²) in [7, 11) is 1.66. The number of benzene rings is 2. The van der Waals surface area contributed by atoms with E-state index in [1.54, 1.807) is 19.3 Å². The van der Waals surface area contributed by atoms with Crippen LogP contribution in [0.15, 0.2) is 70.4 Å². The molecule has 1 heterocycles. The van der Waals surface area contributed by atoms with Crippen LogP contribution in [0.2, 0.25) is 0 Å². The zero-order valence-corrected chi connectivity index (χ0v) is 12.3. The van der Waals surface area contributed by atoms with E-state index in [4.69, 9.17) is 9.15 Å². The van der Waals surface area contributed by atoms with Gasteiger partial charge in [-0.05, 0) is 41.8 Å². The monoisotopic (exact) mass is 292 g/mol. The average Bonchev–Trinajstić information content (AvgIpc) is 2.55. The molecule has 3 nitrogen and oxygen atoms in total. The van der Waals surface area contributed by atoms with Crippen LogP contribution in [0.3, 0.4) is 0 Å². The lowest BCUT2D eigenvalue weighted by Crippen LogP contribution is -1.97. The molecule has 110 valence electrons. The molecule has 0 amide bonds. The van der Waals surface area contributed by atoms with E-state index in [2.05, 4.69) is 6.58 Å². The fourth-order valence-electron chi connectivity index (χ4n) is 2.60. The molecule has 22 heavy (non-hydrogen) atoms. The Labute approximate surface area is 128 Å². The minimum atomic E-state index is -0.345. The molecular weight excluding hydrogens is 276 g/mol. The van der Waals surface area contributed by atoms with Crippen LogP contribution in [0.1, 0.15) is 5.56 Å². The van der Waals surface area contributed by atoms with Crippen molar-refractivity contribution in [3.8, 4) is 16.9 Å². The lowest BCUT2D eigenvalue weighted by atomic mass is 9.98. The molecule has 0 unspecified atom stereocenters. The molecule has 0 saturated heterocycles. The van der Waals surface area contributed by atoms with Crippen molar-refractivity contribution in [3.05, 3.63) is 77.2 Å². The predicted molar refractivity (Wildman–Crippen MR) is 88.4 cm³/mol. The van der Waals surface area contributed by atoms with Gasteiger partial charge in [0.05, 0.1) is 7.11 Å². The first kappa shape index (κ1) is 14.1. The standard InChI is InChI=1S/C19H16O3/c1-3-6-13-11-15(16-7-4-5-8-17(16)21-2)12-14-9-10-18(20)22-19(13)14/h3-5,7-12H,1,6H2,2H3. The Hall–Kier alpha value is -2.81. The maximum atomic E-state index is 11.5. The van der Waals surface area contributed by atoms with Gasteiger partial charge in [0.15, 0.2) is 0 Å². The van der Waals surface area contributed by atoms with E-state index >= 15 is 0 Å². The first-order chi connectivity index (χ1) is 10.7. The van der Waals surface area contributed by atoms with E-state index in [1.165, 1.54) is 6.07 Å². The Bertz CT molecular complexity index is 891. The van der Waals surface area contributed by atoms with Gasteiger partial charge >= 0.3 is 5.63 Å². The lowest BCUT2D eigenvalue weighted by molar-refractivity contribution is 0.416. The fraction of sp³-hybridized carbons (Fsp3) is 0.105. The molecule has 0 fully saturated rings. The van der Waals surface area contributed by atoms with Crippen molar-refractivity contribution in [1.29, 1.82) is 0 Å². The Morgan fingerprint density at radius 2 is 2.00 bits per heavy atom. The van der Waals surface area contributed by atoms with Crippen molar-refractivity contribution in [3.63, 3.8) is 0 Å². The second-order valence-corrected chi connectivity index (χ2v) is 5.00. The van der Waals surface area contributed by atoms with Crippen molar-refractivity contribution in [1.82, 2.24) is 0 Å². The summed E-state index contributed by atoms with van der Waals surface area (Å²) in [6.45, 7) is 3.78. The third-order valence-corrected chi connectivity index (χ3v) is 3.58. The third kappa shape index (κ3) is 2.53. The average molecular weight is 292 g/mol. The number of ether oxygens (including phenoxy) is 1. The Morgan fingerprint density at radius 1 is 1.18 bits per heavy atom. The summed E-state index contributed by atoms with van der Waals surface area (Å²) in [5.74, 6) is 0.809. The molecule has 3 rings (SSSR count). The van der Waals surface area contributed by atoms with Crippen molar-refractivity contribution >= 4 is 11.0 Å². The maximum absolute atomic E-state index is 11.5. The van der Waals surface area contributed by atoms with Gasteiger partial charge in [-0.3, -0.25) is 0 Å². The van der Waals surface area contributed by atoms with Gasteiger partial charge in [0, 0.05) is 17.0 Å². The molecule has 0 aliphatic heterocycles. The summed E-state index contributed by atoms with van der Waals surface area (Å²) in [4.78, 5) is 11.5. The van der Waals surface area contributed by atoms with E-state index in [9.17, 15) is 4.79 Å². The molecule has 3 aromatic rings. The first-order valence-electron chi connectivity index (χ1n) is 7.04. The van der Waals surface area contributed by atoms with Gasteiger partial charge < -0.3 is 9.15 Å². The van der Waals surface area contributed by atoms with Crippen molar-refractivity contribution in [2.24, 2.45) is 0 Å². The zero-order chi connectivity index (χ0) is 15.5. The molecular formula is C19H16O3. The highest BCUT2D eigenvalue weighted by Crippen LogP contribution is 2.33. The Balaban J connectivity index is 2.29. The molecule has 1 aromatic heterocycles. The summed E-state index contributed by atoms with van der Waals surface area (Å²) in [5.41, 5.74) is 3.24. The van der Waals surface area contributed by atoms with Crippen molar-refractivity contribution < 1.29 is 9.15 Å². The highest BCUT2D eigenvalue weighted by molar-refractivity contribution is 5.87. The largest absolute Gasteiger partial charge is 0.496 e. The molecule has 0 N–H and O–H groups in total. The first-order valence-corrected chi connectivity index (χ1v) is 7.04. The van der Waals surface area contributed by atoms with Crippen molar-refractivity contribution in [2.45, 2.75) is 6.42 Å². The second-order valence-electron chi connectivity index (χ2n) is 5.00. The van der Waals surface area contributed by atoms with Crippen LogP contribution >= 0.6 is 0 Å². The number of hydrogen-bond donors (Lipinski definition) is 0. The van der Waals surface area contributed by atoms with E-state index < -0.39 is 0 Å². The summed E-state index contributed by atoms with van der Waals surface area (Å²) in [5, 5.41) is 0.889. The van der Waals surface area contributed by atoms with E-state index in [-0.39, 0.29) is 5.63 Å². The molecule has 2 aromatic carbocycles. The topological polar surface area (TPSA) is 39.4 Å². The van der Waals surface area contributed by atoms with Gasteiger partial charge in [-0.2, -0.15) is 0 Å². The van der Waals surface area contributed by atoms with Gasteiger partial charge in [-0.1, -0.05) is 24.3 Å². The van der Waals surface area contributed by atoms with Crippen LogP contribution in [0.5, 0.6) is 5.75 Å². The second kappa shape index (κ2) is 5.90. The number of allylic oxidation sites excluding steroid dienone is 1. The van der Waals surface area contributed by atoms with E-state index in [0.717, 1.165) is 27.8 Å². The molecule has 0 aliphatic carbocycles. The van der Waals surface area contributed by atoms with Gasteiger partial charge in [0.1, 0.15) is 11.3 Å². The minimum absolute atomic E-state index is 0.345. The molecule has 0 radical (unpaired) electrons. The molecule has 0 bridgehead atoms. The van der Waals surface area contributed by atoms with Crippen LogP contribution in [0.25, 0.3) is 22.1 Å². The summed E-state index contributed by atoms with van der Waals surface area (Å²) < 4.78 is 10.8. The SMILES string of the molecule is C=CCc1cc(-c2ccccc2OC)cc2ccc(=O)oc12. The zero-order valence-electron chi connectivity index (χ0n) is 12.3. The van der Waals surface area contributed by atoms with E-state index in [1.807, 2.05) is 36.4 Å². The van der Waals surface area contributed by atoms with Gasteiger partial charge in [0.25, 0.3) is 0 Å². The van der Waals surface area contributed by atoms with Crippen LogP contribution in [-0.4, -0.2) is 7.11 Å². The number of rotatable bonds is 4. The molecule has 3 heteroatoms. The third-order valence-electron chi connectivity index (χ3n) is 3.58. The number of fused-ring (bicyclic) bond motifs is 1. The van der Waals surface area contributed by atoms with Crippen molar-refractivity contribution in [2.75, 3.05) is 7.11 Å². The Kier molecular flexibility index (Phi) is 3.79. The van der Waals surface area contributed by atoms with Gasteiger partial charge in [0.2, 0.25) is 0 Å². The predicted octanol–water partition coefficient (Wildman–Crippen LogP) is 4.20. The van der Waals surface area contributed by atoms with Gasteiger partial charge in [-0.15, -0.1) is 6.58 Å². The number of methoxy groups -OCH3 is 1. The summed E-state index contributed by atoms with van der Waals surface area (Å²) >= 11 is 0. The molecule has 0 saturated carbocycles. The lowest BCUT2D eigenvalue weighted by Gasteiger charge is -2.11. The quantitative estimate of drug-likeness (QED) is 0.534. The molecule has 0 atom stereocenters. The van der Waals surface area contributed by atoms with Crippen LogP contribution < -0.4 is 10.4 Å². The highest BCUT2D eigenvalue weighted by atomic mass is 16.5. The summed E-state index contributed by atoms with van der Waals surface area (Å²) in [6.07, 6.45) is 2.43. The number of hydrogen-bond acceptors (Lipinski definition) is 3. The van der Waals surface area contributed by atoms with Gasteiger partial charge in [-0.25, -0.2) is 4.79 Å². The molecule has 0 aliphatic rings. The maximum Gasteiger partial charge on any atom is 0.336 e. The summed E-state index contributed by atoms with van der Waals surface area (Å²) in [6, 6.07) is 15.1. The Morgan fingerprint density at radius 3 is 2.77 bits per heavy atom. The normalized spacial score (nSPS) is 10.6. The van der Waals surface area contributed by atoms with Crippen LogP contribution in [0, 0.1) is 0 Å². The fourth-order valence-corrected chi connectivity index (χ4v) is 2.60. The van der Waals surface area contributed by atoms with Crippen LogP contribution in [-0.2, 0) is 6.42 Å². The highest BCUT2D eigenvalue weighted by Gasteiger charge is 2.10. The number of para-hydroxylation sites is 1. The smallest absolute Gasteiger partial charge is 0.336 e.